The van der Waals surface area contributed by atoms with Gasteiger partial charge in [-0.3, -0.25) is 9.59 Å². The molecule has 0 aliphatic heterocycles. The highest BCUT2D eigenvalue weighted by molar-refractivity contribution is 6.43. The molecule has 0 fully saturated rings. The van der Waals surface area contributed by atoms with Crippen molar-refractivity contribution >= 4 is 25.0 Å². The summed E-state index contributed by atoms with van der Waals surface area (Å²) in [6.07, 6.45) is 3.31. The van der Waals surface area contributed by atoms with Crippen molar-refractivity contribution in [2.75, 3.05) is 14.1 Å². The first-order valence-corrected chi connectivity index (χ1v) is 10.4. The zero-order valence-corrected chi connectivity index (χ0v) is 18.4. The summed E-state index contributed by atoms with van der Waals surface area (Å²) in [6.45, 7) is 0. The summed E-state index contributed by atoms with van der Waals surface area (Å²) in [7, 11) is 1.53. The van der Waals surface area contributed by atoms with Crippen LogP contribution in [0.15, 0.2) is 60.2 Å². The number of benzene rings is 2. The molecule has 0 aromatic heterocycles. The van der Waals surface area contributed by atoms with Crippen LogP contribution in [0.2, 0.25) is 0 Å². The Morgan fingerprint density at radius 3 is 2.44 bits per heavy atom. The number of amides is 2. The van der Waals surface area contributed by atoms with Crippen LogP contribution in [0, 0.1) is 11.3 Å². The number of aryl methyl sites for hydroxylation is 1. The van der Waals surface area contributed by atoms with Gasteiger partial charge in [-0.15, -0.1) is 0 Å². The average molecular weight is 433 g/mol. The monoisotopic (exact) mass is 433 g/mol. The molecule has 32 heavy (non-hydrogen) atoms. The summed E-state index contributed by atoms with van der Waals surface area (Å²) >= 11 is 0. The number of likely N-dealkylation sites (N-methyl/N-ethyl adjacent to an activating group) is 1. The lowest BCUT2D eigenvalue weighted by Gasteiger charge is -2.18. The summed E-state index contributed by atoms with van der Waals surface area (Å²) in [6, 6.07) is 18.7. The maximum absolute atomic E-state index is 12.3. The highest BCUT2D eigenvalue weighted by atomic mass is 16.4. The predicted molar refractivity (Wildman–Crippen MR) is 124 cm³/mol. The SMILES string of the molecule is CN(C)C(=O)C(C#N)=Cc1cccc(CCCC(=O)N[C@@H](Cc2ccccc2)B(O)O)c1. The Hall–Kier alpha value is -3.41. The molecule has 0 spiro atoms. The molecular formula is C24H28BN3O4. The van der Waals surface area contributed by atoms with Gasteiger partial charge < -0.3 is 20.3 Å². The van der Waals surface area contributed by atoms with Crippen molar-refractivity contribution in [2.45, 2.75) is 31.6 Å². The van der Waals surface area contributed by atoms with E-state index in [1.54, 1.807) is 20.2 Å². The molecule has 0 saturated heterocycles. The van der Waals surface area contributed by atoms with Crippen LogP contribution in [-0.2, 0) is 22.4 Å². The molecule has 0 aliphatic carbocycles. The van der Waals surface area contributed by atoms with Crippen LogP contribution < -0.4 is 5.32 Å². The lowest BCUT2D eigenvalue weighted by atomic mass is 9.76. The number of nitrogens with one attached hydrogen (secondary N) is 1. The van der Waals surface area contributed by atoms with Crippen LogP contribution in [0.3, 0.4) is 0 Å². The highest BCUT2D eigenvalue weighted by Crippen LogP contribution is 2.13. The number of hydrogen-bond donors (Lipinski definition) is 3. The van der Waals surface area contributed by atoms with Gasteiger partial charge in [0.2, 0.25) is 5.91 Å². The maximum atomic E-state index is 12.3. The summed E-state index contributed by atoms with van der Waals surface area (Å²) in [4.78, 5) is 25.7. The molecule has 0 heterocycles. The Morgan fingerprint density at radius 2 is 1.81 bits per heavy atom. The molecule has 0 bridgehead atoms. The van der Waals surface area contributed by atoms with E-state index in [1.807, 2.05) is 60.7 Å². The Balaban J connectivity index is 1.91. The summed E-state index contributed by atoms with van der Waals surface area (Å²) in [5.41, 5.74) is 2.67. The van der Waals surface area contributed by atoms with Crippen molar-refractivity contribution in [1.82, 2.24) is 10.2 Å². The fraction of sp³-hybridized carbons (Fsp3) is 0.292. The predicted octanol–water partition coefficient (Wildman–Crippen LogP) is 1.74. The third-order valence-corrected chi connectivity index (χ3v) is 4.89. The van der Waals surface area contributed by atoms with E-state index in [4.69, 9.17) is 0 Å². The molecule has 2 aromatic carbocycles. The molecule has 3 N–H and O–H groups in total. The van der Waals surface area contributed by atoms with Crippen LogP contribution in [0.1, 0.15) is 29.5 Å². The fourth-order valence-electron chi connectivity index (χ4n) is 3.22. The lowest BCUT2D eigenvalue weighted by Crippen LogP contribution is -2.47. The fourth-order valence-corrected chi connectivity index (χ4v) is 3.22. The van der Waals surface area contributed by atoms with Gasteiger partial charge in [0.1, 0.15) is 11.6 Å². The van der Waals surface area contributed by atoms with E-state index in [0.717, 1.165) is 16.7 Å². The number of nitriles is 1. The second-order valence-corrected chi connectivity index (χ2v) is 7.75. The molecular weight excluding hydrogens is 405 g/mol. The van der Waals surface area contributed by atoms with Gasteiger partial charge in [-0.1, -0.05) is 54.6 Å². The first-order valence-electron chi connectivity index (χ1n) is 10.4. The Kier molecular flexibility index (Phi) is 9.67. The molecule has 2 aromatic rings. The van der Waals surface area contributed by atoms with Gasteiger partial charge in [0.15, 0.2) is 0 Å². The first-order chi connectivity index (χ1) is 15.3. The summed E-state index contributed by atoms with van der Waals surface area (Å²) < 4.78 is 0. The smallest absolute Gasteiger partial charge is 0.426 e. The molecule has 2 rings (SSSR count). The van der Waals surface area contributed by atoms with Crippen LogP contribution in [0.5, 0.6) is 0 Å². The minimum Gasteiger partial charge on any atom is -0.426 e. The maximum Gasteiger partial charge on any atom is 0.475 e. The first kappa shape index (κ1) is 24.9. The van der Waals surface area contributed by atoms with E-state index < -0.39 is 13.1 Å². The van der Waals surface area contributed by atoms with E-state index in [0.29, 0.717) is 19.3 Å². The second kappa shape index (κ2) is 12.4. The van der Waals surface area contributed by atoms with Crippen molar-refractivity contribution in [3.05, 3.63) is 76.9 Å². The van der Waals surface area contributed by atoms with Gasteiger partial charge in [-0.05, 0) is 42.0 Å². The molecule has 1 atom stereocenters. The van der Waals surface area contributed by atoms with E-state index in [9.17, 15) is 24.9 Å². The molecule has 2 amide bonds. The van der Waals surface area contributed by atoms with E-state index >= 15 is 0 Å². The largest absolute Gasteiger partial charge is 0.475 e. The quantitative estimate of drug-likeness (QED) is 0.300. The Bertz CT molecular complexity index is 984. The number of rotatable bonds is 10. The Morgan fingerprint density at radius 1 is 1.12 bits per heavy atom. The number of carbonyl (C=O) groups excluding carboxylic acids is 2. The van der Waals surface area contributed by atoms with E-state index in [1.165, 1.54) is 4.90 Å². The van der Waals surface area contributed by atoms with Crippen molar-refractivity contribution in [3.8, 4) is 6.07 Å². The molecule has 0 unspecified atom stereocenters. The lowest BCUT2D eigenvalue weighted by molar-refractivity contribution is -0.124. The van der Waals surface area contributed by atoms with Crippen molar-refractivity contribution in [1.29, 1.82) is 5.26 Å². The normalized spacial score (nSPS) is 11.9. The van der Waals surface area contributed by atoms with Gasteiger partial charge in [-0.25, -0.2) is 0 Å². The Labute approximate surface area is 189 Å². The molecule has 0 aliphatic rings. The van der Waals surface area contributed by atoms with Crippen LogP contribution in [0.25, 0.3) is 6.08 Å². The molecule has 166 valence electrons. The van der Waals surface area contributed by atoms with Crippen LogP contribution in [0.4, 0.5) is 0 Å². The second-order valence-electron chi connectivity index (χ2n) is 7.75. The van der Waals surface area contributed by atoms with Gasteiger partial charge in [0.05, 0.1) is 5.94 Å². The molecule has 7 nitrogen and oxygen atoms in total. The minimum absolute atomic E-state index is 0.0542. The molecule has 0 radical (unpaired) electrons. The third kappa shape index (κ3) is 8.02. The van der Waals surface area contributed by atoms with E-state index in [-0.39, 0.29) is 23.8 Å². The van der Waals surface area contributed by atoms with Gasteiger partial charge in [0.25, 0.3) is 5.91 Å². The van der Waals surface area contributed by atoms with Crippen molar-refractivity contribution < 1.29 is 19.6 Å². The molecule has 0 saturated carbocycles. The van der Waals surface area contributed by atoms with Crippen LogP contribution >= 0.6 is 0 Å². The zero-order chi connectivity index (χ0) is 23.5. The number of nitrogens with zero attached hydrogens (tertiary/aromatic N) is 2. The van der Waals surface area contributed by atoms with Crippen molar-refractivity contribution in [3.63, 3.8) is 0 Å². The topological polar surface area (TPSA) is 114 Å². The van der Waals surface area contributed by atoms with Gasteiger partial charge in [0, 0.05) is 20.5 Å². The van der Waals surface area contributed by atoms with Gasteiger partial charge in [-0.2, -0.15) is 5.26 Å². The molecule has 8 heteroatoms. The number of hydrogen-bond acceptors (Lipinski definition) is 5. The van der Waals surface area contributed by atoms with Crippen LogP contribution in [-0.4, -0.2) is 53.9 Å². The third-order valence-electron chi connectivity index (χ3n) is 4.89. The average Bonchev–Trinajstić information content (AvgIpc) is 2.77. The van der Waals surface area contributed by atoms with E-state index in [2.05, 4.69) is 5.32 Å². The summed E-state index contributed by atoms with van der Waals surface area (Å²) in [5.74, 6) is -1.39. The summed E-state index contributed by atoms with van der Waals surface area (Å²) in [5, 5.41) is 31.1. The highest BCUT2D eigenvalue weighted by Gasteiger charge is 2.25. The standard InChI is InChI=1S/C24H28BN3O4/c1-28(2)24(30)21(17-26)15-20-12-6-10-18(14-20)11-7-13-23(29)27-22(25(31)32)16-19-8-4-3-5-9-19/h3-6,8-10,12,14-15,22,31-32H,7,11,13,16H2,1-2H3,(H,27,29)/t22-/m0/s1. The number of carbonyl (C=O) groups is 2. The minimum atomic E-state index is -1.65. The zero-order valence-electron chi connectivity index (χ0n) is 18.4. The van der Waals surface area contributed by atoms with Crippen molar-refractivity contribution in [2.24, 2.45) is 0 Å². The van der Waals surface area contributed by atoms with Gasteiger partial charge >= 0.3 is 7.12 Å².